The van der Waals surface area contributed by atoms with Crippen molar-refractivity contribution in [3.05, 3.63) is 30.1 Å². The minimum absolute atomic E-state index is 0.792. The van der Waals surface area contributed by atoms with Gasteiger partial charge in [-0.1, -0.05) is 0 Å². The maximum atomic E-state index is 4.21. The van der Waals surface area contributed by atoms with Crippen LogP contribution < -0.4 is 5.43 Å². The summed E-state index contributed by atoms with van der Waals surface area (Å²) in [6.07, 6.45) is 3.59. The average Bonchev–Trinajstić information content (AvgIpc) is 2.67. The smallest absolute Gasteiger partial charge is 0.158 e. The molecule has 0 unspecified atom stereocenters. The summed E-state index contributed by atoms with van der Waals surface area (Å²) in [5.74, 6) is 0.982. The summed E-state index contributed by atoms with van der Waals surface area (Å²) in [5.41, 5.74) is 4.02. The molecule has 1 aromatic rings. The second-order valence-corrected chi connectivity index (χ2v) is 2.85. The van der Waals surface area contributed by atoms with E-state index in [1.165, 1.54) is 0 Å². The highest BCUT2D eigenvalue weighted by Crippen LogP contribution is 2.06. The molecule has 2 heterocycles. The third kappa shape index (κ3) is 1.47. The van der Waals surface area contributed by atoms with Crippen molar-refractivity contribution in [1.82, 2.24) is 15.3 Å². The Morgan fingerprint density at radius 1 is 1.62 bits per heavy atom. The first-order chi connectivity index (χ1) is 6.42. The molecule has 0 spiro atoms. The lowest BCUT2D eigenvalue weighted by Crippen LogP contribution is -2.29. The van der Waals surface area contributed by atoms with E-state index >= 15 is 0 Å². The van der Waals surface area contributed by atoms with Gasteiger partial charge >= 0.3 is 0 Å². The van der Waals surface area contributed by atoms with E-state index in [2.05, 4.69) is 27.3 Å². The zero-order valence-corrected chi connectivity index (χ0v) is 7.57. The first kappa shape index (κ1) is 8.04. The molecule has 1 N–H and O–H groups in total. The maximum Gasteiger partial charge on any atom is 0.158 e. The van der Waals surface area contributed by atoms with Gasteiger partial charge in [-0.2, -0.15) is 5.10 Å². The highest BCUT2D eigenvalue weighted by Gasteiger charge is 2.16. The molecule has 1 aromatic heterocycles. The van der Waals surface area contributed by atoms with Crippen molar-refractivity contribution in [2.24, 2.45) is 5.10 Å². The van der Waals surface area contributed by atoms with Crippen LogP contribution in [0.3, 0.4) is 0 Å². The van der Waals surface area contributed by atoms with Gasteiger partial charge in [0.2, 0.25) is 0 Å². The van der Waals surface area contributed by atoms with Crippen LogP contribution >= 0.6 is 0 Å². The van der Waals surface area contributed by atoms with Crippen LogP contribution in [0.5, 0.6) is 0 Å². The number of rotatable bonds is 2. The van der Waals surface area contributed by atoms with Gasteiger partial charge in [0, 0.05) is 24.5 Å². The molecular weight excluding hydrogens is 164 g/mol. The zero-order valence-electron chi connectivity index (χ0n) is 7.57. The second kappa shape index (κ2) is 3.43. The normalized spacial score (nSPS) is 15.5. The Kier molecular flexibility index (Phi) is 2.12. The Morgan fingerprint density at radius 3 is 3.23 bits per heavy atom. The van der Waals surface area contributed by atoms with Gasteiger partial charge in [-0.25, -0.2) is 0 Å². The molecule has 0 saturated heterocycles. The van der Waals surface area contributed by atoms with E-state index in [-0.39, 0.29) is 0 Å². The van der Waals surface area contributed by atoms with Crippen molar-refractivity contribution in [2.45, 2.75) is 6.92 Å². The molecule has 0 amide bonds. The number of hydrazone groups is 1. The summed E-state index contributed by atoms with van der Waals surface area (Å²) in [5, 5.41) is 4.21. The standard InChI is InChI=1S/C9H12N4/c1-2-13-7-11-12-9(13)8-4-3-5-10-6-8/h3-6,11H,2,7H2,1H3. The quantitative estimate of drug-likeness (QED) is 0.718. The molecule has 1 aliphatic heterocycles. The van der Waals surface area contributed by atoms with Gasteiger partial charge in [0.15, 0.2) is 5.84 Å². The molecule has 4 heteroatoms. The van der Waals surface area contributed by atoms with E-state index in [1.807, 2.05) is 18.3 Å². The van der Waals surface area contributed by atoms with E-state index in [0.29, 0.717) is 0 Å². The Balaban J connectivity index is 2.26. The Hall–Kier alpha value is -1.58. The first-order valence-corrected chi connectivity index (χ1v) is 4.37. The van der Waals surface area contributed by atoms with Gasteiger partial charge in [-0.05, 0) is 19.1 Å². The van der Waals surface area contributed by atoms with Gasteiger partial charge in [0.1, 0.15) is 6.67 Å². The van der Waals surface area contributed by atoms with Crippen LogP contribution in [0.4, 0.5) is 0 Å². The van der Waals surface area contributed by atoms with E-state index in [0.717, 1.165) is 24.6 Å². The fourth-order valence-electron chi connectivity index (χ4n) is 1.34. The number of amidine groups is 1. The molecule has 0 radical (unpaired) electrons. The van der Waals surface area contributed by atoms with Crippen molar-refractivity contribution in [1.29, 1.82) is 0 Å². The lowest BCUT2D eigenvalue weighted by atomic mass is 10.2. The lowest BCUT2D eigenvalue weighted by Gasteiger charge is -2.15. The summed E-state index contributed by atoms with van der Waals surface area (Å²) in [6.45, 7) is 3.86. The minimum atomic E-state index is 0.792. The van der Waals surface area contributed by atoms with Crippen LogP contribution in [0.25, 0.3) is 0 Å². The lowest BCUT2D eigenvalue weighted by molar-refractivity contribution is 0.447. The van der Waals surface area contributed by atoms with Gasteiger partial charge in [0.05, 0.1) is 0 Å². The topological polar surface area (TPSA) is 40.5 Å². The van der Waals surface area contributed by atoms with Crippen LogP contribution in [-0.2, 0) is 0 Å². The monoisotopic (exact) mass is 176 g/mol. The zero-order chi connectivity index (χ0) is 9.10. The largest absolute Gasteiger partial charge is 0.336 e. The van der Waals surface area contributed by atoms with E-state index < -0.39 is 0 Å². The van der Waals surface area contributed by atoms with Crippen LogP contribution in [0.1, 0.15) is 12.5 Å². The number of hydrogen-bond donors (Lipinski definition) is 1. The van der Waals surface area contributed by atoms with E-state index in [9.17, 15) is 0 Å². The molecule has 0 fully saturated rings. The SMILES string of the molecule is CCN1CNN=C1c1cccnc1. The second-order valence-electron chi connectivity index (χ2n) is 2.85. The number of hydrogen-bond acceptors (Lipinski definition) is 4. The molecule has 4 nitrogen and oxygen atoms in total. The molecule has 1 aliphatic rings. The van der Waals surface area contributed by atoms with Gasteiger partial charge in [-0.15, -0.1) is 0 Å². The van der Waals surface area contributed by atoms with Crippen LogP contribution in [-0.4, -0.2) is 28.9 Å². The molecule has 0 aromatic carbocycles. The molecular formula is C9H12N4. The minimum Gasteiger partial charge on any atom is -0.336 e. The fourth-order valence-corrected chi connectivity index (χ4v) is 1.34. The van der Waals surface area contributed by atoms with Gasteiger partial charge < -0.3 is 4.90 Å². The molecule has 0 atom stereocenters. The average molecular weight is 176 g/mol. The van der Waals surface area contributed by atoms with Gasteiger partial charge in [-0.3, -0.25) is 10.4 Å². The number of nitrogens with one attached hydrogen (secondary N) is 1. The predicted octanol–water partition coefficient (Wildman–Crippen LogP) is 0.626. The molecule has 0 aliphatic carbocycles. The van der Waals surface area contributed by atoms with Crippen LogP contribution in [0.15, 0.2) is 29.6 Å². The van der Waals surface area contributed by atoms with Crippen LogP contribution in [0, 0.1) is 0 Å². The molecule has 13 heavy (non-hydrogen) atoms. The molecule has 2 rings (SSSR count). The third-order valence-corrected chi connectivity index (χ3v) is 2.05. The molecule has 68 valence electrons. The Bertz CT molecular complexity index is 307. The summed E-state index contributed by atoms with van der Waals surface area (Å²) in [7, 11) is 0. The Labute approximate surface area is 77.3 Å². The fraction of sp³-hybridized carbons (Fsp3) is 0.333. The Morgan fingerprint density at radius 2 is 2.54 bits per heavy atom. The van der Waals surface area contributed by atoms with Crippen molar-refractivity contribution in [3.63, 3.8) is 0 Å². The highest BCUT2D eigenvalue weighted by atomic mass is 15.5. The van der Waals surface area contributed by atoms with Crippen molar-refractivity contribution < 1.29 is 0 Å². The summed E-state index contributed by atoms with van der Waals surface area (Å²) in [4.78, 5) is 6.23. The summed E-state index contributed by atoms with van der Waals surface area (Å²) < 4.78 is 0. The number of nitrogens with zero attached hydrogens (tertiary/aromatic N) is 3. The van der Waals surface area contributed by atoms with E-state index in [4.69, 9.17) is 0 Å². The predicted molar refractivity (Wildman–Crippen MR) is 51.2 cm³/mol. The number of pyridine rings is 1. The van der Waals surface area contributed by atoms with Crippen LogP contribution in [0.2, 0.25) is 0 Å². The first-order valence-electron chi connectivity index (χ1n) is 4.37. The number of aromatic nitrogens is 1. The third-order valence-electron chi connectivity index (χ3n) is 2.05. The maximum absolute atomic E-state index is 4.21. The summed E-state index contributed by atoms with van der Waals surface area (Å²) >= 11 is 0. The van der Waals surface area contributed by atoms with Crippen molar-refractivity contribution in [3.8, 4) is 0 Å². The summed E-state index contributed by atoms with van der Waals surface area (Å²) in [6, 6.07) is 3.94. The molecule has 0 saturated carbocycles. The van der Waals surface area contributed by atoms with Gasteiger partial charge in [0.25, 0.3) is 0 Å². The van der Waals surface area contributed by atoms with Crippen molar-refractivity contribution in [2.75, 3.05) is 13.2 Å². The highest BCUT2D eigenvalue weighted by molar-refractivity contribution is 5.99. The van der Waals surface area contributed by atoms with Crippen molar-refractivity contribution >= 4 is 5.84 Å². The molecule has 0 bridgehead atoms. The van der Waals surface area contributed by atoms with E-state index in [1.54, 1.807) is 6.20 Å².